The molecule has 0 bridgehead atoms. The number of rotatable bonds is 1. The van der Waals surface area contributed by atoms with Gasteiger partial charge in [-0.2, -0.15) is 0 Å². The molecule has 0 nitrogen and oxygen atoms in total. The smallest absolute Gasteiger partial charge is 0.445 e. The van der Waals surface area contributed by atoms with Crippen LogP contribution < -0.4 is 5.46 Å². The summed E-state index contributed by atoms with van der Waals surface area (Å²) in [4.78, 5) is 0. The van der Waals surface area contributed by atoms with Crippen LogP contribution in [0.2, 0.25) is 5.02 Å². The zero-order valence-electron chi connectivity index (χ0n) is 7.24. The largest absolute Gasteiger partial charge is 0.511 e. The van der Waals surface area contributed by atoms with E-state index in [9.17, 15) is 12.9 Å². The number of halogens is 4. The highest BCUT2D eigenvalue weighted by Gasteiger charge is 2.28. The van der Waals surface area contributed by atoms with Gasteiger partial charge in [0.1, 0.15) is 0 Å². The van der Waals surface area contributed by atoms with Crippen LogP contribution in [0.5, 0.6) is 0 Å². The van der Waals surface area contributed by atoms with Crippen LogP contribution in [0.1, 0.15) is 11.1 Å². The van der Waals surface area contributed by atoms with E-state index in [0.717, 1.165) is 11.6 Å². The Morgan fingerprint density at radius 3 is 2.00 bits per heavy atom. The van der Waals surface area contributed by atoms with Crippen LogP contribution in [0.3, 0.4) is 0 Å². The van der Waals surface area contributed by atoms with E-state index in [1.54, 1.807) is 13.8 Å². The highest BCUT2D eigenvalue weighted by molar-refractivity contribution is 6.76. The normalized spacial score (nSPS) is 11.8. The molecular weight excluding hydrogens is 199 g/mol. The minimum atomic E-state index is -4.99. The zero-order chi connectivity index (χ0) is 10.2. The van der Waals surface area contributed by atoms with Gasteiger partial charge in [0.25, 0.3) is 0 Å². The molecule has 0 aliphatic carbocycles. The van der Waals surface area contributed by atoms with Gasteiger partial charge in [0, 0.05) is 5.02 Å². The molecule has 0 amide bonds. The third-order valence-corrected chi connectivity index (χ3v) is 2.29. The summed E-state index contributed by atoms with van der Waals surface area (Å²) in [5, 5.41) is -0.212. The van der Waals surface area contributed by atoms with Crippen LogP contribution in [0.4, 0.5) is 12.9 Å². The van der Waals surface area contributed by atoms with Gasteiger partial charge in [-0.25, -0.2) is 0 Å². The Balaban J connectivity index is 3.32. The van der Waals surface area contributed by atoms with Crippen molar-refractivity contribution in [2.24, 2.45) is 0 Å². The summed E-state index contributed by atoms with van der Waals surface area (Å²) in [6, 6.07) is 2.44. The quantitative estimate of drug-likeness (QED) is 0.621. The number of aryl methyl sites for hydroxylation is 2. The van der Waals surface area contributed by atoms with E-state index in [0.29, 0.717) is 5.56 Å². The van der Waals surface area contributed by atoms with Gasteiger partial charge in [-0.1, -0.05) is 28.7 Å². The Bertz CT molecular complexity index is 333. The summed E-state index contributed by atoms with van der Waals surface area (Å²) in [5.74, 6) is 0. The molecule has 0 saturated carbocycles. The van der Waals surface area contributed by atoms with Crippen LogP contribution in [-0.2, 0) is 0 Å². The van der Waals surface area contributed by atoms with E-state index < -0.39 is 12.4 Å². The summed E-state index contributed by atoms with van der Waals surface area (Å²) in [5.41, 5.74) is 0.678. The predicted molar refractivity (Wildman–Crippen MR) is 49.6 cm³/mol. The summed E-state index contributed by atoms with van der Waals surface area (Å²) >= 11 is 5.48. The van der Waals surface area contributed by atoms with Gasteiger partial charge in [0.2, 0.25) is 0 Å². The molecule has 1 aromatic rings. The number of benzene rings is 1. The third-order valence-electron chi connectivity index (χ3n) is 1.97. The van der Waals surface area contributed by atoms with E-state index in [1.165, 1.54) is 6.07 Å². The second kappa shape index (κ2) is 3.26. The van der Waals surface area contributed by atoms with Crippen molar-refractivity contribution in [3.05, 3.63) is 28.3 Å². The molecule has 72 valence electrons. The van der Waals surface area contributed by atoms with Crippen LogP contribution in [0.25, 0.3) is 0 Å². The lowest BCUT2D eigenvalue weighted by atomic mass is 9.79. The molecule has 0 atom stereocenters. The fourth-order valence-corrected chi connectivity index (χ4v) is 1.40. The molecule has 0 aromatic heterocycles. The standard InChI is InChI=1S/C8H8BClF3/c1-5-3-7(9(11,12)13)8(10)4-6(5)2/h3-4H,1-2H3/q-1. The molecule has 1 aromatic carbocycles. The predicted octanol–water partition coefficient (Wildman–Crippen LogP) is 3.01. The molecule has 0 saturated heterocycles. The Hall–Kier alpha value is -0.635. The van der Waals surface area contributed by atoms with E-state index in [4.69, 9.17) is 11.6 Å². The summed E-state index contributed by atoms with van der Waals surface area (Å²) in [6.45, 7) is -1.63. The van der Waals surface area contributed by atoms with Crippen molar-refractivity contribution in [1.82, 2.24) is 0 Å². The van der Waals surface area contributed by atoms with Gasteiger partial charge in [0.15, 0.2) is 0 Å². The fraction of sp³-hybridized carbons (Fsp3) is 0.250. The third kappa shape index (κ3) is 2.18. The van der Waals surface area contributed by atoms with Gasteiger partial charge in [-0.15, -0.1) is 0 Å². The molecule has 0 unspecified atom stereocenters. The van der Waals surface area contributed by atoms with Gasteiger partial charge < -0.3 is 12.9 Å². The van der Waals surface area contributed by atoms with Crippen LogP contribution >= 0.6 is 11.6 Å². The van der Waals surface area contributed by atoms with Crippen LogP contribution in [0, 0.1) is 13.8 Å². The molecule has 0 N–H and O–H groups in total. The molecule has 13 heavy (non-hydrogen) atoms. The first kappa shape index (κ1) is 10.4. The van der Waals surface area contributed by atoms with E-state index >= 15 is 0 Å². The summed E-state index contributed by atoms with van der Waals surface area (Å²) in [7, 11) is 0. The number of hydrogen-bond acceptors (Lipinski definition) is 0. The molecule has 0 aliphatic rings. The molecule has 1 rings (SSSR count). The lowest BCUT2D eigenvalue weighted by Gasteiger charge is -2.18. The lowest BCUT2D eigenvalue weighted by molar-refractivity contribution is 0.501. The molecule has 0 spiro atoms. The van der Waals surface area contributed by atoms with E-state index in [1.807, 2.05) is 0 Å². The van der Waals surface area contributed by atoms with Crippen molar-refractivity contribution in [2.75, 3.05) is 0 Å². The Morgan fingerprint density at radius 2 is 1.54 bits per heavy atom. The van der Waals surface area contributed by atoms with Crippen molar-refractivity contribution in [1.29, 1.82) is 0 Å². The van der Waals surface area contributed by atoms with Crippen molar-refractivity contribution in [2.45, 2.75) is 13.8 Å². The van der Waals surface area contributed by atoms with Crippen molar-refractivity contribution in [3.8, 4) is 0 Å². The maximum atomic E-state index is 12.3. The Morgan fingerprint density at radius 1 is 1.08 bits per heavy atom. The van der Waals surface area contributed by atoms with Crippen molar-refractivity contribution in [3.63, 3.8) is 0 Å². The first-order valence-corrected chi connectivity index (χ1v) is 4.16. The number of hydrogen-bond donors (Lipinski definition) is 0. The van der Waals surface area contributed by atoms with E-state index in [2.05, 4.69) is 0 Å². The van der Waals surface area contributed by atoms with Crippen LogP contribution in [-0.4, -0.2) is 6.98 Å². The first-order valence-electron chi connectivity index (χ1n) is 3.79. The van der Waals surface area contributed by atoms with Gasteiger partial charge >= 0.3 is 6.98 Å². The molecule has 5 heteroatoms. The molecular formula is C8H8BClF3-. The first-order chi connectivity index (χ1) is 5.82. The van der Waals surface area contributed by atoms with Crippen molar-refractivity contribution < 1.29 is 12.9 Å². The molecule has 0 fully saturated rings. The summed E-state index contributed by atoms with van der Waals surface area (Å²) in [6.07, 6.45) is 0. The SMILES string of the molecule is Cc1cc(Cl)c([B-](F)(F)F)cc1C. The minimum absolute atomic E-state index is 0.212. The maximum Gasteiger partial charge on any atom is 0.511 e. The monoisotopic (exact) mass is 207 g/mol. The summed E-state index contributed by atoms with van der Waals surface area (Å²) < 4.78 is 37.0. The Kier molecular flexibility index (Phi) is 2.62. The lowest BCUT2D eigenvalue weighted by Crippen LogP contribution is -2.35. The second-order valence-electron chi connectivity index (χ2n) is 3.03. The van der Waals surface area contributed by atoms with E-state index in [-0.39, 0.29) is 5.02 Å². The molecule has 0 radical (unpaired) electrons. The highest BCUT2D eigenvalue weighted by Crippen LogP contribution is 2.19. The van der Waals surface area contributed by atoms with Crippen molar-refractivity contribution >= 4 is 24.0 Å². The maximum absolute atomic E-state index is 12.3. The average molecular weight is 207 g/mol. The van der Waals surface area contributed by atoms with Gasteiger partial charge in [0.05, 0.1) is 0 Å². The molecule has 0 aliphatic heterocycles. The highest BCUT2D eigenvalue weighted by atomic mass is 35.5. The Labute approximate surface area is 79.8 Å². The average Bonchev–Trinajstić information content (AvgIpc) is 1.94. The zero-order valence-corrected chi connectivity index (χ0v) is 8.00. The van der Waals surface area contributed by atoms with Gasteiger partial charge in [-0.05, 0) is 25.5 Å². The molecule has 0 heterocycles. The van der Waals surface area contributed by atoms with Crippen LogP contribution in [0.15, 0.2) is 12.1 Å². The van der Waals surface area contributed by atoms with Gasteiger partial charge in [-0.3, -0.25) is 0 Å². The fourth-order valence-electron chi connectivity index (χ4n) is 1.05. The topological polar surface area (TPSA) is 0 Å². The minimum Gasteiger partial charge on any atom is -0.445 e. The second-order valence-corrected chi connectivity index (χ2v) is 3.44.